The minimum absolute atomic E-state index is 0.259. The first-order valence-corrected chi connectivity index (χ1v) is 6.75. The average Bonchev–Trinajstić information content (AvgIpc) is 2.55. The van der Waals surface area contributed by atoms with Gasteiger partial charge in [0.25, 0.3) is 5.91 Å². The third kappa shape index (κ3) is 3.53. The smallest absolute Gasteiger partial charge is 0.255 e. The van der Waals surface area contributed by atoms with Crippen LogP contribution in [0.3, 0.4) is 0 Å². The van der Waals surface area contributed by atoms with Gasteiger partial charge in [0.2, 0.25) is 0 Å². The van der Waals surface area contributed by atoms with Crippen molar-refractivity contribution < 1.29 is 9.53 Å². The van der Waals surface area contributed by atoms with E-state index in [4.69, 9.17) is 21.6 Å². The van der Waals surface area contributed by atoms with Gasteiger partial charge >= 0.3 is 0 Å². The Morgan fingerprint density at radius 2 is 2.14 bits per heavy atom. The molecule has 0 aliphatic carbocycles. The molecule has 0 bridgehead atoms. The molecule has 5 heteroatoms. The largest absolute Gasteiger partial charge is 0.495 e. The number of nitriles is 1. The second-order valence-electron chi connectivity index (χ2n) is 4.31. The maximum absolute atomic E-state index is 12.2. The summed E-state index contributed by atoms with van der Waals surface area (Å²) in [5, 5.41) is 11.6. The number of amides is 1. The van der Waals surface area contributed by atoms with E-state index in [0.717, 1.165) is 5.56 Å². The van der Waals surface area contributed by atoms with Crippen LogP contribution >= 0.6 is 11.6 Å². The Bertz CT molecular complexity index is 708. The van der Waals surface area contributed by atoms with Crippen LogP contribution in [0.25, 0.3) is 0 Å². The van der Waals surface area contributed by atoms with E-state index in [0.29, 0.717) is 28.4 Å². The number of rotatable bonds is 4. The SMILES string of the molecule is COc1cc(C#N)ccc1NC(=O)c1cccc(CCl)c1. The summed E-state index contributed by atoms with van der Waals surface area (Å²) in [4.78, 5) is 12.2. The van der Waals surface area contributed by atoms with Crippen LogP contribution in [0.4, 0.5) is 5.69 Å². The quantitative estimate of drug-likeness (QED) is 0.878. The third-order valence-corrected chi connectivity index (χ3v) is 3.23. The highest BCUT2D eigenvalue weighted by Crippen LogP contribution is 2.26. The molecule has 1 N–H and O–H groups in total. The standard InChI is InChI=1S/C16H13ClN2O2/c1-21-15-8-12(10-18)5-6-14(15)19-16(20)13-4-2-3-11(7-13)9-17/h2-8H,9H2,1H3,(H,19,20). The van der Waals surface area contributed by atoms with Gasteiger partial charge in [-0.3, -0.25) is 4.79 Å². The summed E-state index contributed by atoms with van der Waals surface area (Å²) in [6.07, 6.45) is 0. The molecule has 2 rings (SSSR count). The van der Waals surface area contributed by atoms with Gasteiger partial charge in [0.15, 0.2) is 0 Å². The molecule has 0 radical (unpaired) electrons. The van der Waals surface area contributed by atoms with E-state index in [-0.39, 0.29) is 5.91 Å². The normalized spacial score (nSPS) is 9.76. The van der Waals surface area contributed by atoms with Crippen molar-refractivity contribution in [3.05, 3.63) is 59.2 Å². The van der Waals surface area contributed by atoms with Gasteiger partial charge in [-0.1, -0.05) is 12.1 Å². The Morgan fingerprint density at radius 1 is 1.33 bits per heavy atom. The first kappa shape index (κ1) is 14.9. The fourth-order valence-corrected chi connectivity index (χ4v) is 2.02. The van der Waals surface area contributed by atoms with Gasteiger partial charge in [-0.05, 0) is 29.8 Å². The Kier molecular flexibility index (Phi) is 4.81. The Morgan fingerprint density at radius 3 is 2.81 bits per heavy atom. The summed E-state index contributed by atoms with van der Waals surface area (Å²) in [5.41, 5.74) is 2.36. The molecule has 21 heavy (non-hydrogen) atoms. The van der Waals surface area contributed by atoms with Crippen molar-refractivity contribution >= 4 is 23.2 Å². The molecule has 2 aromatic rings. The number of alkyl halides is 1. The highest BCUT2D eigenvalue weighted by molar-refractivity contribution is 6.17. The van der Waals surface area contributed by atoms with Crippen LogP contribution in [0.1, 0.15) is 21.5 Å². The Balaban J connectivity index is 2.25. The van der Waals surface area contributed by atoms with Crippen LogP contribution in [0.5, 0.6) is 5.75 Å². The van der Waals surface area contributed by atoms with Crippen LogP contribution in [-0.4, -0.2) is 13.0 Å². The second kappa shape index (κ2) is 6.78. The maximum Gasteiger partial charge on any atom is 0.255 e. The van der Waals surface area contributed by atoms with Gasteiger partial charge in [0.05, 0.1) is 24.4 Å². The first-order valence-electron chi connectivity index (χ1n) is 6.22. The fourth-order valence-electron chi connectivity index (χ4n) is 1.85. The third-order valence-electron chi connectivity index (χ3n) is 2.92. The molecular formula is C16H13ClN2O2. The fraction of sp³-hybridized carbons (Fsp3) is 0.125. The molecule has 0 aliphatic rings. The number of nitrogens with zero attached hydrogens (tertiary/aromatic N) is 1. The molecule has 0 heterocycles. The zero-order chi connectivity index (χ0) is 15.2. The number of hydrogen-bond acceptors (Lipinski definition) is 3. The minimum Gasteiger partial charge on any atom is -0.495 e. The monoisotopic (exact) mass is 300 g/mol. The highest BCUT2D eigenvalue weighted by Gasteiger charge is 2.10. The van der Waals surface area contributed by atoms with Crippen LogP contribution in [0.2, 0.25) is 0 Å². The van der Waals surface area contributed by atoms with E-state index in [1.54, 1.807) is 36.4 Å². The van der Waals surface area contributed by atoms with Gasteiger partial charge in [-0.25, -0.2) is 0 Å². The summed E-state index contributed by atoms with van der Waals surface area (Å²) >= 11 is 5.76. The number of anilines is 1. The van der Waals surface area contributed by atoms with Gasteiger partial charge < -0.3 is 10.1 Å². The summed E-state index contributed by atoms with van der Waals surface area (Å²) in [5.74, 6) is 0.530. The highest BCUT2D eigenvalue weighted by atomic mass is 35.5. The van der Waals surface area contributed by atoms with E-state index in [1.807, 2.05) is 12.1 Å². The van der Waals surface area contributed by atoms with E-state index < -0.39 is 0 Å². The minimum atomic E-state index is -0.259. The molecule has 0 aromatic heterocycles. The van der Waals surface area contributed by atoms with Crippen LogP contribution < -0.4 is 10.1 Å². The molecule has 0 fully saturated rings. The van der Waals surface area contributed by atoms with Crippen molar-refractivity contribution in [1.29, 1.82) is 5.26 Å². The summed E-state index contributed by atoms with van der Waals surface area (Å²) in [7, 11) is 1.49. The zero-order valence-corrected chi connectivity index (χ0v) is 12.1. The molecule has 0 atom stereocenters. The lowest BCUT2D eigenvalue weighted by atomic mass is 10.1. The van der Waals surface area contributed by atoms with Gasteiger partial charge in [-0.15, -0.1) is 11.6 Å². The number of halogens is 1. The molecule has 0 aliphatic heterocycles. The summed E-state index contributed by atoms with van der Waals surface area (Å²) in [6, 6.07) is 13.9. The van der Waals surface area contributed by atoms with Crippen LogP contribution in [0.15, 0.2) is 42.5 Å². The Labute approximate surface area is 127 Å². The number of carbonyl (C=O) groups is 1. The van der Waals surface area contributed by atoms with Crippen molar-refractivity contribution in [2.45, 2.75) is 5.88 Å². The van der Waals surface area contributed by atoms with Crippen molar-refractivity contribution in [1.82, 2.24) is 0 Å². The maximum atomic E-state index is 12.2. The molecular weight excluding hydrogens is 288 g/mol. The van der Waals surface area contributed by atoms with Gasteiger partial charge in [0, 0.05) is 17.5 Å². The van der Waals surface area contributed by atoms with E-state index in [9.17, 15) is 4.79 Å². The number of benzene rings is 2. The zero-order valence-electron chi connectivity index (χ0n) is 11.4. The summed E-state index contributed by atoms with van der Waals surface area (Å²) in [6.45, 7) is 0. The molecule has 0 unspecified atom stereocenters. The van der Waals surface area contributed by atoms with Crippen molar-refractivity contribution in [2.24, 2.45) is 0 Å². The van der Waals surface area contributed by atoms with Crippen LogP contribution in [-0.2, 0) is 5.88 Å². The predicted octanol–water partition coefficient (Wildman–Crippen LogP) is 3.56. The molecule has 0 saturated heterocycles. The van der Waals surface area contributed by atoms with Crippen molar-refractivity contribution in [2.75, 3.05) is 12.4 Å². The van der Waals surface area contributed by atoms with Gasteiger partial charge in [0.1, 0.15) is 5.75 Å². The molecule has 4 nitrogen and oxygen atoms in total. The number of ether oxygens (including phenoxy) is 1. The lowest BCUT2D eigenvalue weighted by Crippen LogP contribution is -2.13. The van der Waals surface area contributed by atoms with E-state index in [1.165, 1.54) is 7.11 Å². The van der Waals surface area contributed by atoms with E-state index >= 15 is 0 Å². The first-order chi connectivity index (χ1) is 10.2. The topological polar surface area (TPSA) is 62.1 Å². The van der Waals surface area contributed by atoms with Crippen molar-refractivity contribution in [3.8, 4) is 11.8 Å². The Hall–Kier alpha value is -2.51. The molecule has 0 saturated carbocycles. The molecule has 1 amide bonds. The van der Waals surface area contributed by atoms with E-state index in [2.05, 4.69) is 5.32 Å². The van der Waals surface area contributed by atoms with Gasteiger partial charge in [-0.2, -0.15) is 5.26 Å². The predicted molar refractivity (Wildman–Crippen MR) is 81.7 cm³/mol. The lowest BCUT2D eigenvalue weighted by Gasteiger charge is -2.10. The summed E-state index contributed by atoms with van der Waals surface area (Å²) < 4.78 is 5.18. The lowest BCUT2D eigenvalue weighted by molar-refractivity contribution is 0.102. The molecule has 2 aromatic carbocycles. The molecule has 106 valence electrons. The number of methoxy groups -OCH3 is 1. The van der Waals surface area contributed by atoms with Crippen LogP contribution in [0, 0.1) is 11.3 Å². The second-order valence-corrected chi connectivity index (χ2v) is 4.58. The number of hydrogen-bond donors (Lipinski definition) is 1. The molecule has 0 spiro atoms. The average molecular weight is 301 g/mol. The number of carbonyl (C=O) groups excluding carboxylic acids is 1. The number of nitrogens with one attached hydrogen (secondary N) is 1. The van der Waals surface area contributed by atoms with Crippen molar-refractivity contribution in [3.63, 3.8) is 0 Å².